The molecule has 2 aromatic rings. The van der Waals surface area contributed by atoms with Crippen molar-refractivity contribution in [3.05, 3.63) is 30.0 Å². The Bertz CT molecular complexity index is 493. The summed E-state index contributed by atoms with van der Waals surface area (Å²) in [5.74, 6) is -0.867. The topological polar surface area (TPSA) is 105 Å². The van der Waals surface area contributed by atoms with Crippen molar-refractivity contribution >= 4 is 5.91 Å². The minimum Gasteiger partial charge on any atom is -0.507 e. The first-order valence-electron chi connectivity index (χ1n) is 4.18. The molecule has 2 rings (SSSR count). The number of benzene rings is 1. The third-order valence-electron chi connectivity index (χ3n) is 1.98. The highest BCUT2D eigenvalue weighted by molar-refractivity contribution is 6.01. The third kappa shape index (κ3) is 1.52. The number of phenols is 1. The molecular weight excluding hydrogens is 196 g/mol. The van der Waals surface area contributed by atoms with Crippen LogP contribution < -0.4 is 5.73 Å². The summed E-state index contributed by atoms with van der Waals surface area (Å²) in [5.41, 5.74) is 6.12. The van der Waals surface area contributed by atoms with Gasteiger partial charge in [-0.25, -0.2) is 0 Å². The molecule has 0 aliphatic heterocycles. The molecule has 6 heteroatoms. The van der Waals surface area contributed by atoms with Crippen LogP contribution >= 0.6 is 0 Å². The molecule has 6 nitrogen and oxygen atoms in total. The smallest absolute Gasteiger partial charge is 0.253 e. The number of carbonyl (C=O) groups is 1. The molecule has 0 saturated heterocycles. The number of nitrogens with two attached hydrogens (primary N) is 1. The lowest BCUT2D eigenvalue weighted by molar-refractivity contribution is 0.0998. The monoisotopic (exact) mass is 204 g/mol. The van der Waals surface area contributed by atoms with Gasteiger partial charge in [-0.1, -0.05) is 12.1 Å². The van der Waals surface area contributed by atoms with Crippen molar-refractivity contribution in [2.24, 2.45) is 5.73 Å². The van der Waals surface area contributed by atoms with E-state index in [1.54, 1.807) is 12.1 Å². The first kappa shape index (κ1) is 9.20. The van der Waals surface area contributed by atoms with Crippen LogP contribution in [0.25, 0.3) is 11.3 Å². The predicted octanol–water partition coefficient (Wildman–Crippen LogP) is 0.276. The number of carbonyl (C=O) groups excluding carboxylic acids is 1. The van der Waals surface area contributed by atoms with E-state index in [0.29, 0.717) is 11.3 Å². The maximum absolute atomic E-state index is 11.1. The maximum atomic E-state index is 11.1. The van der Waals surface area contributed by atoms with Crippen LogP contribution in [0.3, 0.4) is 0 Å². The lowest BCUT2D eigenvalue weighted by atomic mass is 10.0. The van der Waals surface area contributed by atoms with Crippen LogP contribution in [-0.2, 0) is 0 Å². The van der Waals surface area contributed by atoms with Gasteiger partial charge in [-0.15, -0.1) is 0 Å². The highest BCUT2D eigenvalue weighted by atomic mass is 16.3. The molecular formula is C9H8N4O2. The molecule has 0 saturated carbocycles. The fourth-order valence-electron chi connectivity index (χ4n) is 1.34. The Morgan fingerprint density at radius 1 is 1.47 bits per heavy atom. The molecule has 76 valence electrons. The molecule has 0 spiro atoms. The Morgan fingerprint density at radius 2 is 2.27 bits per heavy atom. The van der Waals surface area contributed by atoms with Crippen LogP contribution in [0.4, 0.5) is 0 Å². The van der Waals surface area contributed by atoms with E-state index in [-0.39, 0.29) is 11.3 Å². The molecule has 1 aromatic heterocycles. The number of hydrogen-bond acceptors (Lipinski definition) is 4. The largest absolute Gasteiger partial charge is 0.507 e. The number of aromatic amines is 1. The van der Waals surface area contributed by atoms with Crippen LogP contribution in [0.1, 0.15) is 10.4 Å². The van der Waals surface area contributed by atoms with Crippen molar-refractivity contribution in [3.8, 4) is 17.0 Å². The fourth-order valence-corrected chi connectivity index (χ4v) is 1.34. The van der Waals surface area contributed by atoms with E-state index in [4.69, 9.17) is 5.73 Å². The van der Waals surface area contributed by atoms with Gasteiger partial charge in [-0.3, -0.25) is 4.79 Å². The summed E-state index contributed by atoms with van der Waals surface area (Å²) in [6, 6.07) is 4.63. The maximum Gasteiger partial charge on any atom is 0.253 e. The number of hydrogen-bond donors (Lipinski definition) is 3. The van der Waals surface area contributed by atoms with E-state index in [1.165, 1.54) is 12.3 Å². The molecule has 1 amide bonds. The Kier molecular flexibility index (Phi) is 2.09. The number of nitrogens with zero attached hydrogens (tertiary/aromatic N) is 2. The molecule has 1 aromatic carbocycles. The SMILES string of the molecule is NC(=O)c1c(O)cccc1-c1cn[nH]n1. The summed E-state index contributed by atoms with van der Waals surface area (Å²) in [6.07, 6.45) is 1.45. The van der Waals surface area contributed by atoms with Crippen LogP contribution in [0.2, 0.25) is 0 Å². The Hall–Kier alpha value is -2.37. The van der Waals surface area contributed by atoms with Crippen LogP contribution in [-0.4, -0.2) is 26.4 Å². The highest BCUT2D eigenvalue weighted by Crippen LogP contribution is 2.27. The zero-order chi connectivity index (χ0) is 10.8. The molecule has 0 bridgehead atoms. The van der Waals surface area contributed by atoms with Gasteiger partial charge < -0.3 is 10.8 Å². The summed E-state index contributed by atoms with van der Waals surface area (Å²) >= 11 is 0. The van der Waals surface area contributed by atoms with Crippen molar-refractivity contribution in [3.63, 3.8) is 0 Å². The molecule has 15 heavy (non-hydrogen) atoms. The number of aromatic nitrogens is 3. The molecule has 0 aliphatic carbocycles. The van der Waals surface area contributed by atoms with Crippen molar-refractivity contribution in [1.29, 1.82) is 0 Å². The van der Waals surface area contributed by atoms with Crippen LogP contribution in [0, 0.1) is 0 Å². The Morgan fingerprint density at radius 3 is 2.87 bits per heavy atom. The van der Waals surface area contributed by atoms with Gasteiger partial charge >= 0.3 is 0 Å². The van der Waals surface area contributed by atoms with Crippen molar-refractivity contribution in [2.75, 3.05) is 0 Å². The first-order valence-corrected chi connectivity index (χ1v) is 4.18. The molecule has 0 aliphatic rings. The zero-order valence-corrected chi connectivity index (χ0v) is 7.64. The average molecular weight is 204 g/mol. The lowest BCUT2D eigenvalue weighted by Gasteiger charge is -2.04. The van der Waals surface area contributed by atoms with Crippen LogP contribution in [0.15, 0.2) is 24.4 Å². The van der Waals surface area contributed by atoms with Crippen molar-refractivity contribution in [1.82, 2.24) is 15.4 Å². The lowest BCUT2D eigenvalue weighted by Crippen LogP contribution is -2.12. The number of H-pyrrole nitrogens is 1. The molecule has 0 radical (unpaired) electrons. The van der Waals surface area contributed by atoms with Gasteiger partial charge in [0.25, 0.3) is 5.91 Å². The van der Waals surface area contributed by atoms with E-state index in [0.717, 1.165) is 0 Å². The Balaban J connectivity index is 2.66. The van der Waals surface area contributed by atoms with Crippen molar-refractivity contribution < 1.29 is 9.90 Å². The Labute approximate surface area is 84.7 Å². The van der Waals surface area contributed by atoms with E-state index >= 15 is 0 Å². The molecule has 0 unspecified atom stereocenters. The minimum atomic E-state index is -0.703. The number of rotatable bonds is 2. The highest BCUT2D eigenvalue weighted by Gasteiger charge is 2.15. The van der Waals surface area contributed by atoms with Crippen LogP contribution in [0.5, 0.6) is 5.75 Å². The second kappa shape index (κ2) is 3.41. The quantitative estimate of drug-likeness (QED) is 0.653. The number of primary amides is 1. The van der Waals surface area contributed by atoms with Crippen molar-refractivity contribution in [2.45, 2.75) is 0 Å². The molecule has 1 heterocycles. The third-order valence-corrected chi connectivity index (χ3v) is 1.98. The van der Waals surface area contributed by atoms with Gasteiger partial charge in [0.15, 0.2) is 0 Å². The molecule has 4 N–H and O–H groups in total. The number of nitrogens with one attached hydrogen (secondary N) is 1. The summed E-state index contributed by atoms with van der Waals surface area (Å²) < 4.78 is 0. The molecule has 0 atom stereocenters. The van der Waals surface area contributed by atoms with Gasteiger partial charge in [0.2, 0.25) is 0 Å². The zero-order valence-electron chi connectivity index (χ0n) is 7.64. The van der Waals surface area contributed by atoms with E-state index in [9.17, 15) is 9.90 Å². The predicted molar refractivity (Wildman–Crippen MR) is 52.0 cm³/mol. The van der Waals surface area contributed by atoms with E-state index in [2.05, 4.69) is 15.4 Å². The van der Waals surface area contributed by atoms with Gasteiger partial charge in [-0.2, -0.15) is 15.4 Å². The standard InChI is InChI=1S/C9H8N4O2/c10-9(15)8-5(2-1-3-7(8)14)6-4-11-13-12-6/h1-4,14H,(H2,10,15)(H,11,12,13). The first-order chi connectivity index (χ1) is 7.20. The second-order valence-corrected chi connectivity index (χ2v) is 2.92. The average Bonchev–Trinajstić information content (AvgIpc) is 2.69. The fraction of sp³-hybridized carbons (Fsp3) is 0. The van der Waals surface area contributed by atoms with Gasteiger partial charge in [0.05, 0.1) is 11.8 Å². The number of aromatic hydroxyl groups is 1. The van der Waals surface area contributed by atoms with Gasteiger partial charge in [0, 0.05) is 5.56 Å². The normalized spacial score (nSPS) is 10.1. The summed E-state index contributed by atoms with van der Waals surface area (Å²) in [7, 11) is 0. The van der Waals surface area contributed by atoms with E-state index < -0.39 is 5.91 Å². The van der Waals surface area contributed by atoms with E-state index in [1.807, 2.05) is 0 Å². The second-order valence-electron chi connectivity index (χ2n) is 2.92. The summed E-state index contributed by atoms with van der Waals surface area (Å²) in [4.78, 5) is 11.1. The number of amides is 1. The van der Waals surface area contributed by atoms with Gasteiger partial charge in [0.1, 0.15) is 11.4 Å². The summed E-state index contributed by atoms with van der Waals surface area (Å²) in [6.45, 7) is 0. The molecule has 0 fully saturated rings. The minimum absolute atomic E-state index is 0.0476. The van der Waals surface area contributed by atoms with Gasteiger partial charge in [-0.05, 0) is 6.07 Å². The summed E-state index contributed by atoms with van der Waals surface area (Å²) in [5, 5.41) is 19.4.